The number of hydrogen-bond donors (Lipinski definition) is 2. The predicted molar refractivity (Wildman–Crippen MR) is 91.5 cm³/mol. The Hall–Kier alpha value is -3.48. The fourth-order valence-electron chi connectivity index (χ4n) is 3.04. The molecule has 4 rings (SSSR count). The maximum absolute atomic E-state index is 12.4. The molecule has 2 N–H and O–H groups in total. The first-order valence-corrected chi connectivity index (χ1v) is 7.50. The zero-order chi connectivity index (χ0) is 17.9. The highest BCUT2D eigenvalue weighted by atomic mass is 16.4. The Bertz CT molecular complexity index is 1280. The monoisotopic (exact) mass is 336 g/mol. The zero-order valence-electron chi connectivity index (χ0n) is 13.3. The first-order valence-electron chi connectivity index (χ1n) is 7.50. The lowest BCUT2D eigenvalue weighted by atomic mass is 10.1. The van der Waals surface area contributed by atoms with Crippen LogP contribution in [0.15, 0.2) is 38.3 Å². The molecule has 0 amide bonds. The van der Waals surface area contributed by atoms with Gasteiger partial charge in [0.2, 0.25) is 5.43 Å². The quantitative estimate of drug-likeness (QED) is 0.408. The molecular weight excluding hydrogens is 324 g/mol. The van der Waals surface area contributed by atoms with Gasteiger partial charge in [-0.2, -0.15) is 0 Å². The molecule has 0 unspecified atom stereocenters. The second kappa shape index (κ2) is 5.01. The number of fused-ring (bicyclic) bond motifs is 4. The lowest BCUT2D eigenvalue weighted by Gasteiger charge is -2.11. The minimum Gasteiger partial charge on any atom is -0.477 e. The standard InChI is InChI=1S/C18H12N2O5/c1-7-3-8(2)17-9(4-7)19-16-13(25-17)6-12(22)15-14(16)11(21)5-10(20-15)18(23)24/h3-6H,1-2H3,(H,20,21)(H,23,24). The van der Waals surface area contributed by atoms with Crippen LogP contribution in [0.1, 0.15) is 21.6 Å². The van der Waals surface area contributed by atoms with Crippen molar-refractivity contribution in [3.05, 3.63) is 61.5 Å². The Morgan fingerprint density at radius 2 is 1.88 bits per heavy atom. The lowest BCUT2D eigenvalue weighted by molar-refractivity contribution is 0.0691. The minimum absolute atomic E-state index is 0.0253. The summed E-state index contributed by atoms with van der Waals surface area (Å²) in [5.41, 5.74) is 1.61. The second-order valence-corrected chi connectivity index (χ2v) is 5.97. The number of rotatable bonds is 1. The highest BCUT2D eigenvalue weighted by Gasteiger charge is 2.20. The summed E-state index contributed by atoms with van der Waals surface area (Å²) in [7, 11) is 0. The predicted octanol–water partition coefficient (Wildman–Crippen LogP) is 2.45. The average molecular weight is 336 g/mol. The number of nitrogens with one attached hydrogen (secondary N) is 1. The van der Waals surface area contributed by atoms with E-state index in [2.05, 4.69) is 9.97 Å². The van der Waals surface area contributed by atoms with Crippen molar-refractivity contribution < 1.29 is 14.3 Å². The van der Waals surface area contributed by atoms with E-state index in [1.807, 2.05) is 26.0 Å². The second-order valence-electron chi connectivity index (χ2n) is 5.97. The van der Waals surface area contributed by atoms with Crippen LogP contribution in [-0.2, 0) is 0 Å². The maximum Gasteiger partial charge on any atom is 0.352 e. The number of nitrogens with zero attached hydrogens (tertiary/aromatic N) is 1. The van der Waals surface area contributed by atoms with Gasteiger partial charge in [0.15, 0.2) is 16.8 Å². The van der Waals surface area contributed by atoms with Crippen molar-refractivity contribution in [1.29, 1.82) is 0 Å². The molecule has 2 aliphatic rings. The Labute approximate surface area is 139 Å². The number of aryl methyl sites for hydroxylation is 2. The summed E-state index contributed by atoms with van der Waals surface area (Å²) in [5, 5.41) is 9.09. The number of carboxylic acids is 1. The van der Waals surface area contributed by atoms with Crippen LogP contribution in [0.4, 0.5) is 0 Å². The van der Waals surface area contributed by atoms with E-state index in [4.69, 9.17) is 9.52 Å². The number of aromatic nitrogens is 2. The molecule has 124 valence electrons. The summed E-state index contributed by atoms with van der Waals surface area (Å²) < 4.78 is 5.82. The first-order chi connectivity index (χ1) is 11.8. The van der Waals surface area contributed by atoms with E-state index in [-0.39, 0.29) is 28.1 Å². The van der Waals surface area contributed by atoms with Crippen molar-refractivity contribution in [2.24, 2.45) is 0 Å². The van der Waals surface area contributed by atoms with Crippen LogP contribution < -0.4 is 10.9 Å². The van der Waals surface area contributed by atoms with E-state index < -0.39 is 16.8 Å². The topological polar surface area (TPSA) is 113 Å². The number of carboxylic acid groups (broad SMARTS) is 1. The molecule has 0 spiro atoms. The summed E-state index contributed by atoms with van der Waals surface area (Å²) in [6, 6.07) is 5.91. The number of pyridine rings is 1. The van der Waals surface area contributed by atoms with Gasteiger partial charge >= 0.3 is 5.97 Å². The van der Waals surface area contributed by atoms with Crippen LogP contribution in [0.25, 0.3) is 33.5 Å². The smallest absolute Gasteiger partial charge is 0.352 e. The molecule has 2 heterocycles. The molecule has 1 aliphatic carbocycles. The van der Waals surface area contributed by atoms with Gasteiger partial charge in [-0.05, 0) is 31.0 Å². The molecule has 1 aromatic carbocycles. The first kappa shape index (κ1) is 15.1. The normalized spacial score (nSPS) is 11.4. The molecule has 1 aromatic heterocycles. The molecule has 0 bridgehead atoms. The minimum atomic E-state index is -1.32. The van der Waals surface area contributed by atoms with Crippen molar-refractivity contribution in [1.82, 2.24) is 9.97 Å². The van der Waals surface area contributed by atoms with E-state index in [1.165, 1.54) is 6.07 Å². The fraction of sp³-hybridized carbons (Fsp3) is 0.111. The Kier molecular flexibility index (Phi) is 3.02. The van der Waals surface area contributed by atoms with Crippen molar-refractivity contribution in [3.8, 4) is 11.5 Å². The number of benzene rings is 2. The van der Waals surface area contributed by atoms with E-state index >= 15 is 0 Å². The summed E-state index contributed by atoms with van der Waals surface area (Å²) in [4.78, 5) is 42.9. The highest BCUT2D eigenvalue weighted by Crippen LogP contribution is 2.30. The maximum atomic E-state index is 12.4. The van der Waals surface area contributed by atoms with Crippen LogP contribution in [0.2, 0.25) is 0 Å². The molecule has 0 saturated heterocycles. The molecule has 0 saturated carbocycles. The van der Waals surface area contributed by atoms with Gasteiger partial charge in [-0.15, -0.1) is 0 Å². The number of hydrogen-bond acceptors (Lipinski definition) is 5. The van der Waals surface area contributed by atoms with Crippen LogP contribution in [0.3, 0.4) is 0 Å². The average Bonchev–Trinajstić information content (AvgIpc) is 2.53. The molecule has 7 heteroatoms. The molecule has 2 aromatic rings. The molecular formula is C18H12N2O5. The van der Waals surface area contributed by atoms with Gasteiger partial charge in [0.05, 0.1) is 5.39 Å². The summed E-state index contributed by atoms with van der Waals surface area (Å²) in [5.74, 6) is -1.13. The summed E-state index contributed by atoms with van der Waals surface area (Å²) in [6.07, 6.45) is 0. The fourth-order valence-corrected chi connectivity index (χ4v) is 3.04. The molecule has 0 atom stereocenters. The summed E-state index contributed by atoms with van der Waals surface area (Å²) >= 11 is 0. The van der Waals surface area contributed by atoms with Crippen molar-refractivity contribution >= 4 is 28.0 Å². The molecule has 1 aliphatic heterocycles. The van der Waals surface area contributed by atoms with Gasteiger partial charge < -0.3 is 14.5 Å². The highest BCUT2D eigenvalue weighted by molar-refractivity contribution is 5.97. The number of aromatic amines is 1. The third-order valence-corrected chi connectivity index (χ3v) is 4.08. The third-order valence-electron chi connectivity index (χ3n) is 4.08. The Balaban J connectivity index is 2.25. The van der Waals surface area contributed by atoms with Gasteiger partial charge in [0.1, 0.15) is 22.4 Å². The SMILES string of the molecule is Cc1cc(C)c2oc3cc(=O)c4[nH]c(C(=O)O)cc(=O)c4c-3nc2c1. The zero-order valence-corrected chi connectivity index (χ0v) is 13.3. The van der Waals surface area contributed by atoms with Crippen LogP contribution in [0.5, 0.6) is 0 Å². The number of H-pyrrole nitrogens is 1. The van der Waals surface area contributed by atoms with Crippen LogP contribution in [-0.4, -0.2) is 21.0 Å². The number of carbonyl (C=O) groups is 1. The Morgan fingerprint density at radius 1 is 1.12 bits per heavy atom. The Morgan fingerprint density at radius 3 is 2.60 bits per heavy atom. The van der Waals surface area contributed by atoms with Gasteiger partial charge in [0.25, 0.3) is 0 Å². The van der Waals surface area contributed by atoms with E-state index in [0.717, 1.165) is 17.2 Å². The van der Waals surface area contributed by atoms with Gasteiger partial charge in [0, 0.05) is 12.1 Å². The summed E-state index contributed by atoms with van der Waals surface area (Å²) in [6.45, 7) is 3.79. The van der Waals surface area contributed by atoms with Gasteiger partial charge in [-0.1, -0.05) is 6.07 Å². The molecule has 7 nitrogen and oxygen atoms in total. The third kappa shape index (κ3) is 2.20. The van der Waals surface area contributed by atoms with Gasteiger partial charge in [-0.25, -0.2) is 9.78 Å². The van der Waals surface area contributed by atoms with E-state index in [0.29, 0.717) is 11.1 Å². The van der Waals surface area contributed by atoms with Crippen LogP contribution >= 0.6 is 0 Å². The van der Waals surface area contributed by atoms with E-state index in [1.54, 1.807) is 0 Å². The van der Waals surface area contributed by atoms with Crippen molar-refractivity contribution in [2.75, 3.05) is 0 Å². The van der Waals surface area contributed by atoms with E-state index in [9.17, 15) is 14.4 Å². The van der Waals surface area contributed by atoms with Crippen molar-refractivity contribution in [3.63, 3.8) is 0 Å². The van der Waals surface area contributed by atoms with Crippen LogP contribution in [0, 0.1) is 13.8 Å². The van der Waals surface area contributed by atoms with Gasteiger partial charge in [-0.3, -0.25) is 9.59 Å². The molecule has 0 radical (unpaired) electrons. The molecule has 25 heavy (non-hydrogen) atoms. The number of aromatic carboxylic acids is 1. The van der Waals surface area contributed by atoms with Crippen molar-refractivity contribution in [2.45, 2.75) is 13.8 Å². The largest absolute Gasteiger partial charge is 0.477 e. The molecule has 0 fully saturated rings. The lowest BCUT2D eigenvalue weighted by Crippen LogP contribution is -2.17.